The van der Waals surface area contributed by atoms with E-state index in [0.29, 0.717) is 35.6 Å². The van der Waals surface area contributed by atoms with Crippen LogP contribution in [0.15, 0.2) is 11.1 Å². The molecule has 1 fully saturated rings. The van der Waals surface area contributed by atoms with Crippen LogP contribution in [0.25, 0.3) is 0 Å². The largest absolute Gasteiger partial charge is 0.356 e. The van der Waals surface area contributed by atoms with Gasteiger partial charge >= 0.3 is 0 Å². The monoisotopic (exact) mass is 423 g/mol. The second-order valence-electron chi connectivity index (χ2n) is 6.10. The first kappa shape index (κ1) is 20.9. The SMILES string of the molecule is CN=C(NCCC(=O)NC1CCS(=O)(=O)C1)NCc1cc(Cl)c(Cl)n1C. The maximum atomic E-state index is 11.9. The van der Waals surface area contributed by atoms with Gasteiger partial charge in [0.25, 0.3) is 0 Å². The van der Waals surface area contributed by atoms with Crippen molar-refractivity contribution >= 4 is 44.9 Å². The number of halogens is 2. The minimum Gasteiger partial charge on any atom is -0.356 e. The van der Waals surface area contributed by atoms with Gasteiger partial charge in [0, 0.05) is 38.8 Å². The number of carbonyl (C=O) groups excluding carboxylic acids is 1. The molecular formula is C15H23Cl2N5O3S. The van der Waals surface area contributed by atoms with Gasteiger partial charge in [-0.15, -0.1) is 0 Å². The Morgan fingerprint density at radius 2 is 2.12 bits per heavy atom. The Kier molecular flexibility index (Phi) is 7.19. The van der Waals surface area contributed by atoms with Crippen LogP contribution in [-0.4, -0.2) is 56.0 Å². The lowest BCUT2D eigenvalue weighted by molar-refractivity contribution is -0.121. The molecule has 0 aliphatic carbocycles. The molecule has 11 heteroatoms. The number of rotatable bonds is 6. The van der Waals surface area contributed by atoms with Gasteiger partial charge in [0.1, 0.15) is 5.15 Å². The molecule has 1 atom stereocenters. The number of hydrogen-bond acceptors (Lipinski definition) is 4. The maximum absolute atomic E-state index is 11.9. The van der Waals surface area contributed by atoms with Gasteiger partial charge in [-0.2, -0.15) is 0 Å². The number of amides is 1. The van der Waals surface area contributed by atoms with Gasteiger partial charge in [-0.25, -0.2) is 8.42 Å². The van der Waals surface area contributed by atoms with E-state index in [0.717, 1.165) is 5.69 Å². The second-order valence-corrected chi connectivity index (χ2v) is 9.10. The summed E-state index contributed by atoms with van der Waals surface area (Å²) in [7, 11) is 0.445. The summed E-state index contributed by atoms with van der Waals surface area (Å²) >= 11 is 12.0. The zero-order valence-electron chi connectivity index (χ0n) is 14.7. The van der Waals surface area contributed by atoms with Gasteiger partial charge in [0.05, 0.1) is 23.1 Å². The summed E-state index contributed by atoms with van der Waals surface area (Å²) in [6.07, 6.45) is 0.700. The van der Waals surface area contributed by atoms with Crippen LogP contribution in [0.4, 0.5) is 0 Å². The Morgan fingerprint density at radius 3 is 2.65 bits per heavy atom. The number of nitrogens with one attached hydrogen (secondary N) is 3. The molecule has 8 nitrogen and oxygen atoms in total. The molecule has 1 amide bonds. The number of sulfone groups is 1. The highest BCUT2D eigenvalue weighted by atomic mass is 35.5. The zero-order valence-corrected chi connectivity index (χ0v) is 17.0. The Balaban J connectivity index is 1.71. The quantitative estimate of drug-likeness (QED) is 0.461. The number of guanidine groups is 1. The van der Waals surface area contributed by atoms with Crippen molar-refractivity contribution in [3.05, 3.63) is 21.9 Å². The number of aliphatic imine (C=N–C) groups is 1. The Hall–Kier alpha value is -1.45. The molecule has 1 aromatic rings. The van der Waals surface area contributed by atoms with E-state index in [9.17, 15) is 13.2 Å². The summed E-state index contributed by atoms with van der Waals surface area (Å²) in [5, 5.41) is 9.86. The summed E-state index contributed by atoms with van der Waals surface area (Å²) in [6.45, 7) is 0.842. The molecule has 1 aliphatic heterocycles. The van der Waals surface area contributed by atoms with Crippen LogP contribution in [0, 0.1) is 0 Å². The van der Waals surface area contributed by atoms with Crippen molar-refractivity contribution in [2.75, 3.05) is 25.1 Å². The third kappa shape index (κ3) is 5.78. The van der Waals surface area contributed by atoms with E-state index < -0.39 is 9.84 Å². The molecule has 0 radical (unpaired) electrons. The van der Waals surface area contributed by atoms with Crippen molar-refractivity contribution in [1.82, 2.24) is 20.5 Å². The molecule has 1 aliphatic rings. The van der Waals surface area contributed by atoms with Gasteiger partial charge in [-0.1, -0.05) is 23.2 Å². The van der Waals surface area contributed by atoms with E-state index in [1.54, 1.807) is 17.7 Å². The van der Waals surface area contributed by atoms with E-state index in [2.05, 4.69) is 20.9 Å². The van der Waals surface area contributed by atoms with Crippen molar-refractivity contribution in [3.63, 3.8) is 0 Å². The molecule has 2 heterocycles. The number of hydrogen-bond donors (Lipinski definition) is 3. The average Bonchev–Trinajstić information content (AvgIpc) is 3.04. The molecule has 1 unspecified atom stereocenters. The molecule has 0 bridgehead atoms. The van der Waals surface area contributed by atoms with E-state index in [1.165, 1.54) is 0 Å². The first-order valence-corrected chi connectivity index (χ1v) is 10.7. The Bertz CT molecular complexity index is 791. The highest BCUT2D eigenvalue weighted by Crippen LogP contribution is 2.24. The third-order valence-electron chi connectivity index (χ3n) is 4.12. The molecule has 2 rings (SSSR count). The smallest absolute Gasteiger partial charge is 0.222 e. The summed E-state index contributed by atoms with van der Waals surface area (Å²) < 4.78 is 24.6. The number of carbonyl (C=O) groups is 1. The summed E-state index contributed by atoms with van der Waals surface area (Å²) in [5.41, 5.74) is 0.892. The third-order valence-corrected chi connectivity index (χ3v) is 6.73. The van der Waals surface area contributed by atoms with Gasteiger partial charge in [-0.3, -0.25) is 9.79 Å². The fourth-order valence-electron chi connectivity index (χ4n) is 2.66. The van der Waals surface area contributed by atoms with Gasteiger partial charge in [0.2, 0.25) is 5.91 Å². The van der Waals surface area contributed by atoms with Crippen LogP contribution in [0.5, 0.6) is 0 Å². The molecule has 1 aromatic heterocycles. The minimum atomic E-state index is -3.00. The molecule has 0 aromatic carbocycles. The first-order valence-electron chi connectivity index (χ1n) is 8.15. The lowest BCUT2D eigenvalue weighted by atomic mass is 10.2. The fraction of sp³-hybridized carbons (Fsp3) is 0.600. The predicted molar refractivity (Wildman–Crippen MR) is 103 cm³/mol. The van der Waals surface area contributed by atoms with E-state index >= 15 is 0 Å². The maximum Gasteiger partial charge on any atom is 0.222 e. The van der Waals surface area contributed by atoms with Crippen LogP contribution >= 0.6 is 23.2 Å². The van der Waals surface area contributed by atoms with Crippen LogP contribution < -0.4 is 16.0 Å². The van der Waals surface area contributed by atoms with Crippen molar-refractivity contribution in [1.29, 1.82) is 0 Å². The van der Waals surface area contributed by atoms with Crippen molar-refractivity contribution in [2.45, 2.75) is 25.4 Å². The van der Waals surface area contributed by atoms with Gasteiger partial charge in [0.15, 0.2) is 15.8 Å². The molecule has 3 N–H and O–H groups in total. The van der Waals surface area contributed by atoms with Crippen LogP contribution in [0.1, 0.15) is 18.5 Å². The molecular weight excluding hydrogens is 401 g/mol. The van der Waals surface area contributed by atoms with Crippen LogP contribution in [-0.2, 0) is 28.2 Å². The molecule has 146 valence electrons. The summed E-state index contributed by atoms with van der Waals surface area (Å²) in [6, 6.07) is 1.49. The molecule has 0 saturated carbocycles. The van der Waals surface area contributed by atoms with Crippen LogP contribution in [0.2, 0.25) is 10.2 Å². The summed E-state index contributed by atoms with van der Waals surface area (Å²) in [5.74, 6) is 0.516. The van der Waals surface area contributed by atoms with Gasteiger partial charge < -0.3 is 20.5 Å². The van der Waals surface area contributed by atoms with Crippen molar-refractivity contribution < 1.29 is 13.2 Å². The highest BCUT2D eigenvalue weighted by molar-refractivity contribution is 7.91. The van der Waals surface area contributed by atoms with Crippen molar-refractivity contribution in [2.24, 2.45) is 12.0 Å². The normalized spacial score (nSPS) is 19.4. The summed E-state index contributed by atoms with van der Waals surface area (Å²) in [4.78, 5) is 16.0. The van der Waals surface area contributed by atoms with E-state index in [1.807, 2.05) is 7.05 Å². The average molecular weight is 424 g/mol. The lowest BCUT2D eigenvalue weighted by Gasteiger charge is -2.14. The van der Waals surface area contributed by atoms with Gasteiger partial charge in [-0.05, 0) is 12.5 Å². The van der Waals surface area contributed by atoms with Crippen LogP contribution in [0.3, 0.4) is 0 Å². The second kappa shape index (κ2) is 8.96. The molecule has 26 heavy (non-hydrogen) atoms. The zero-order chi connectivity index (χ0) is 19.3. The standard InChI is InChI=1S/C15H23Cl2N5O3S/c1-18-15(20-8-11-7-12(16)14(17)22(11)2)19-5-3-13(23)21-10-4-6-26(24,25)9-10/h7,10H,3-6,8-9H2,1-2H3,(H,21,23)(H2,18,19,20). The lowest BCUT2D eigenvalue weighted by Crippen LogP contribution is -2.41. The Labute approximate surface area is 163 Å². The fourth-order valence-corrected chi connectivity index (χ4v) is 4.75. The number of nitrogens with zero attached hydrogens (tertiary/aromatic N) is 2. The van der Waals surface area contributed by atoms with E-state index in [-0.39, 0.29) is 29.9 Å². The molecule has 1 saturated heterocycles. The first-order chi connectivity index (χ1) is 12.2. The van der Waals surface area contributed by atoms with Crippen molar-refractivity contribution in [3.8, 4) is 0 Å². The predicted octanol–water partition coefficient (Wildman–Crippen LogP) is 0.690. The topological polar surface area (TPSA) is 105 Å². The minimum absolute atomic E-state index is 0.0250. The highest BCUT2D eigenvalue weighted by Gasteiger charge is 2.28. The Morgan fingerprint density at radius 1 is 1.38 bits per heavy atom. The van der Waals surface area contributed by atoms with E-state index in [4.69, 9.17) is 23.2 Å². The number of aromatic nitrogens is 1. The molecule has 0 spiro atoms.